The summed E-state index contributed by atoms with van der Waals surface area (Å²) in [5, 5.41) is 13.7. The van der Waals surface area contributed by atoms with E-state index < -0.39 is 23.5 Å². The summed E-state index contributed by atoms with van der Waals surface area (Å²) in [5.41, 5.74) is 0.773. The molecule has 9 heteroatoms. The van der Waals surface area contributed by atoms with Crippen molar-refractivity contribution in [1.82, 2.24) is 4.90 Å². The number of likely N-dealkylation sites (tertiary alicyclic amines) is 1. The summed E-state index contributed by atoms with van der Waals surface area (Å²) in [6.07, 6.45) is 0.832. The predicted octanol–water partition coefficient (Wildman–Crippen LogP) is 0.624. The van der Waals surface area contributed by atoms with E-state index in [1.54, 1.807) is 36.4 Å². The third kappa shape index (κ3) is 4.97. The van der Waals surface area contributed by atoms with Gasteiger partial charge in [0.15, 0.2) is 23.0 Å². The number of fused-ring (bicyclic) bond motifs is 1. The van der Waals surface area contributed by atoms with Gasteiger partial charge in [-0.1, -0.05) is 24.8 Å². The Kier molecular flexibility index (Phi) is 7.69. The van der Waals surface area contributed by atoms with Crippen LogP contribution in [-0.4, -0.2) is 70.7 Å². The Morgan fingerprint density at radius 2 is 1.83 bits per heavy atom. The van der Waals surface area contributed by atoms with E-state index in [0.29, 0.717) is 61.5 Å². The lowest BCUT2D eigenvalue weighted by atomic mass is 9.94. The van der Waals surface area contributed by atoms with Gasteiger partial charge in [0.25, 0.3) is 5.91 Å². The highest BCUT2D eigenvalue weighted by Gasteiger charge is 2.44. The van der Waals surface area contributed by atoms with Crippen LogP contribution in [-0.2, 0) is 9.59 Å². The van der Waals surface area contributed by atoms with Gasteiger partial charge in [-0.3, -0.25) is 9.59 Å². The van der Waals surface area contributed by atoms with Crippen LogP contribution in [0.1, 0.15) is 30.5 Å². The van der Waals surface area contributed by atoms with Crippen LogP contribution in [0.25, 0.3) is 5.76 Å². The molecule has 9 nitrogen and oxygen atoms in total. The highest BCUT2D eigenvalue weighted by molar-refractivity contribution is 6.46. The Labute approximate surface area is 210 Å². The number of carbonyl (C=O) groups excluding carboxylic acids is 2. The molecule has 0 aliphatic carbocycles. The molecule has 2 heterocycles. The van der Waals surface area contributed by atoms with E-state index in [-0.39, 0.29) is 11.1 Å². The van der Waals surface area contributed by atoms with Crippen molar-refractivity contribution in [3.05, 3.63) is 53.1 Å². The van der Waals surface area contributed by atoms with E-state index in [9.17, 15) is 14.7 Å². The van der Waals surface area contributed by atoms with Crippen LogP contribution in [0, 0.1) is 0 Å². The van der Waals surface area contributed by atoms with E-state index in [2.05, 4.69) is 0 Å². The van der Waals surface area contributed by atoms with Gasteiger partial charge < -0.3 is 33.9 Å². The lowest BCUT2D eigenvalue weighted by molar-refractivity contribution is -0.857. The molecule has 192 valence electrons. The van der Waals surface area contributed by atoms with Gasteiger partial charge in [-0.25, -0.2) is 0 Å². The van der Waals surface area contributed by atoms with Gasteiger partial charge >= 0.3 is 0 Å². The fraction of sp³-hybridized carbons (Fsp3) is 0.407. The Balaban J connectivity index is 1.82. The second-order valence-electron chi connectivity index (χ2n) is 9.05. The second kappa shape index (κ2) is 10.9. The summed E-state index contributed by atoms with van der Waals surface area (Å²) in [7, 11) is 5.46. The molecule has 0 radical (unpaired) electrons. The zero-order valence-corrected chi connectivity index (χ0v) is 21.1. The number of nitrogens with zero attached hydrogens (tertiary/aromatic N) is 1. The molecule has 0 saturated carbocycles. The van der Waals surface area contributed by atoms with Crippen LogP contribution in [0.4, 0.5) is 0 Å². The molecular weight excluding hydrogens is 464 g/mol. The number of Topliss-reactive ketones (excluding diaryl/α,β-unsaturated/α-hetero) is 1. The maximum absolute atomic E-state index is 13.7. The first kappa shape index (κ1) is 25.4. The number of ether oxygens (including phenoxy) is 4. The van der Waals surface area contributed by atoms with Crippen LogP contribution < -0.4 is 29.0 Å². The molecule has 36 heavy (non-hydrogen) atoms. The highest BCUT2D eigenvalue weighted by Crippen LogP contribution is 2.42. The minimum absolute atomic E-state index is 0.0882. The number of amides is 1. The van der Waals surface area contributed by atoms with Crippen molar-refractivity contribution < 1.29 is 38.5 Å². The number of hydrogen-bond donors (Lipinski definition) is 1. The van der Waals surface area contributed by atoms with E-state index in [1.807, 2.05) is 21.0 Å². The van der Waals surface area contributed by atoms with Crippen molar-refractivity contribution in [1.29, 1.82) is 0 Å². The average molecular weight is 497 g/mol. The normalized spacial score (nSPS) is 18.6. The maximum Gasteiger partial charge on any atom is 0.295 e. The first-order valence-electron chi connectivity index (χ1n) is 12.1. The lowest BCUT2D eigenvalue weighted by Crippen LogP contribution is -3.06. The SMILES string of the molecule is CCCOc1ccc(C2/C(=C(\[O-])c3ccc4c(c3)OCCO4)C(=O)C(=O)N2CC[NH+](C)C)cc1OC. The van der Waals surface area contributed by atoms with Gasteiger partial charge in [-0.05, 0) is 41.8 Å². The minimum atomic E-state index is -0.848. The summed E-state index contributed by atoms with van der Waals surface area (Å²) in [4.78, 5) is 29.0. The van der Waals surface area contributed by atoms with E-state index in [1.165, 1.54) is 12.0 Å². The molecule has 4 rings (SSSR count). The number of carbonyl (C=O) groups is 2. The number of methoxy groups -OCH3 is 1. The molecule has 1 fully saturated rings. The fourth-order valence-corrected chi connectivity index (χ4v) is 4.32. The van der Waals surface area contributed by atoms with Gasteiger partial charge in [-0.15, -0.1) is 0 Å². The van der Waals surface area contributed by atoms with Crippen LogP contribution >= 0.6 is 0 Å². The van der Waals surface area contributed by atoms with Crippen LogP contribution in [0.15, 0.2) is 42.0 Å². The largest absolute Gasteiger partial charge is 0.872 e. The van der Waals surface area contributed by atoms with Crippen molar-refractivity contribution in [2.45, 2.75) is 19.4 Å². The number of nitrogens with one attached hydrogen (secondary N) is 1. The van der Waals surface area contributed by atoms with E-state index >= 15 is 0 Å². The third-order valence-electron chi connectivity index (χ3n) is 6.15. The van der Waals surface area contributed by atoms with Crippen molar-refractivity contribution in [2.75, 3.05) is 54.1 Å². The minimum Gasteiger partial charge on any atom is -0.872 e. The summed E-state index contributed by atoms with van der Waals surface area (Å²) in [6.45, 7) is 4.24. The molecule has 1 N–H and O–H groups in total. The number of likely N-dealkylation sites (N-methyl/N-ethyl adjacent to an activating group) is 1. The molecule has 0 bridgehead atoms. The number of hydrogen-bond acceptors (Lipinski definition) is 7. The van der Waals surface area contributed by atoms with Crippen LogP contribution in [0.3, 0.4) is 0 Å². The fourth-order valence-electron chi connectivity index (χ4n) is 4.32. The Morgan fingerprint density at radius 3 is 2.53 bits per heavy atom. The Morgan fingerprint density at radius 1 is 1.08 bits per heavy atom. The van der Waals surface area contributed by atoms with Crippen molar-refractivity contribution in [2.24, 2.45) is 0 Å². The molecule has 1 amide bonds. The molecule has 0 spiro atoms. The first-order valence-corrected chi connectivity index (χ1v) is 12.1. The first-order chi connectivity index (χ1) is 17.3. The molecule has 2 aromatic carbocycles. The molecular formula is C27H32N2O7. The van der Waals surface area contributed by atoms with Crippen molar-refractivity contribution in [3.63, 3.8) is 0 Å². The summed E-state index contributed by atoms with van der Waals surface area (Å²) < 4.78 is 22.5. The average Bonchev–Trinajstić information content (AvgIpc) is 3.14. The second-order valence-corrected chi connectivity index (χ2v) is 9.05. The van der Waals surface area contributed by atoms with E-state index in [0.717, 1.165) is 11.3 Å². The molecule has 1 atom stereocenters. The standard InChI is InChI=1S/C27H32N2O7/c1-5-12-34-19-8-6-17(15-21(19)33-4)24-23(26(31)27(32)29(24)11-10-28(2)3)25(30)18-7-9-20-22(16-18)36-14-13-35-20/h6-9,15-16,24,30H,5,10-14H2,1-4H3/b25-23+. The highest BCUT2D eigenvalue weighted by atomic mass is 16.6. The lowest BCUT2D eigenvalue weighted by Gasteiger charge is -2.28. The summed E-state index contributed by atoms with van der Waals surface area (Å²) >= 11 is 0. The van der Waals surface area contributed by atoms with Crippen LogP contribution in [0.2, 0.25) is 0 Å². The quantitative estimate of drug-likeness (QED) is 0.309. The number of rotatable bonds is 9. The van der Waals surface area contributed by atoms with Gasteiger partial charge in [0.2, 0.25) is 5.78 Å². The topological polar surface area (TPSA) is 102 Å². The van der Waals surface area contributed by atoms with Gasteiger partial charge in [0.05, 0.1) is 46.9 Å². The molecule has 2 aromatic rings. The number of benzene rings is 2. The van der Waals surface area contributed by atoms with Gasteiger partial charge in [-0.2, -0.15) is 0 Å². The maximum atomic E-state index is 13.7. The molecule has 2 aliphatic heterocycles. The number of quaternary nitrogens is 1. The monoisotopic (exact) mass is 496 g/mol. The molecule has 2 aliphatic rings. The Bertz CT molecular complexity index is 1170. The zero-order chi connectivity index (χ0) is 25.8. The molecule has 0 aromatic heterocycles. The number of ketones is 1. The summed E-state index contributed by atoms with van der Waals surface area (Å²) in [5.74, 6) is 0.01000. The third-order valence-corrected chi connectivity index (χ3v) is 6.15. The van der Waals surface area contributed by atoms with Crippen molar-refractivity contribution >= 4 is 17.4 Å². The molecule has 1 unspecified atom stereocenters. The van der Waals surface area contributed by atoms with E-state index in [4.69, 9.17) is 18.9 Å². The smallest absolute Gasteiger partial charge is 0.295 e. The predicted molar refractivity (Wildman–Crippen MR) is 130 cm³/mol. The van der Waals surface area contributed by atoms with Gasteiger partial charge in [0.1, 0.15) is 13.2 Å². The van der Waals surface area contributed by atoms with Crippen molar-refractivity contribution in [3.8, 4) is 23.0 Å². The van der Waals surface area contributed by atoms with Crippen LogP contribution in [0.5, 0.6) is 23.0 Å². The Hall–Kier alpha value is -3.72. The molecule has 1 saturated heterocycles. The van der Waals surface area contributed by atoms with Gasteiger partial charge in [0, 0.05) is 5.57 Å². The zero-order valence-electron chi connectivity index (χ0n) is 21.1. The summed E-state index contributed by atoms with van der Waals surface area (Å²) in [6, 6.07) is 9.21.